The van der Waals surface area contributed by atoms with Crippen LogP contribution in [0.4, 0.5) is 11.8 Å². The molecule has 0 fully saturated rings. The smallest absolute Gasteiger partial charge is 0.222 e. The molecule has 0 radical (unpaired) electrons. The monoisotopic (exact) mass is 294 g/mol. The third-order valence-electron chi connectivity index (χ3n) is 3.66. The molecule has 2 aromatic carbocycles. The molecule has 3 rings (SSSR count). The molecule has 0 atom stereocenters. The summed E-state index contributed by atoms with van der Waals surface area (Å²) in [5.74, 6) is 0.968. The number of aromatic nitrogens is 2. The van der Waals surface area contributed by atoms with Gasteiger partial charge in [0.15, 0.2) is 0 Å². The average molecular weight is 294 g/mol. The molecule has 0 amide bonds. The molecule has 4 N–H and O–H groups in total. The number of hydrogen-bond acceptors (Lipinski definition) is 5. The summed E-state index contributed by atoms with van der Waals surface area (Å²) in [4.78, 5) is 8.52. The van der Waals surface area contributed by atoms with Gasteiger partial charge in [0.05, 0.1) is 5.52 Å². The number of nitrogen functional groups attached to an aromatic ring is 1. The molecule has 112 valence electrons. The Bertz CT molecular complexity index is 817. The van der Waals surface area contributed by atoms with Crippen molar-refractivity contribution in [2.75, 3.05) is 24.7 Å². The lowest BCUT2D eigenvalue weighted by Gasteiger charge is -2.11. The number of nitrogens with one attached hydrogen (secondary N) is 1. The molecule has 0 saturated heterocycles. The first-order valence-electron chi connectivity index (χ1n) is 7.17. The third-order valence-corrected chi connectivity index (χ3v) is 3.66. The molecule has 22 heavy (non-hydrogen) atoms. The largest absolute Gasteiger partial charge is 0.396 e. The molecule has 0 spiro atoms. The second-order valence-corrected chi connectivity index (χ2v) is 5.04. The van der Waals surface area contributed by atoms with Gasteiger partial charge in [0.2, 0.25) is 5.95 Å². The van der Waals surface area contributed by atoms with Gasteiger partial charge in [0.25, 0.3) is 0 Å². The van der Waals surface area contributed by atoms with E-state index in [1.54, 1.807) is 0 Å². The molecular weight excluding hydrogens is 276 g/mol. The number of rotatable bonds is 4. The maximum absolute atomic E-state index is 9.22. The minimum atomic E-state index is 0.129. The fourth-order valence-electron chi connectivity index (χ4n) is 2.65. The van der Waals surface area contributed by atoms with E-state index in [1.165, 1.54) is 0 Å². The van der Waals surface area contributed by atoms with Gasteiger partial charge in [-0.05, 0) is 35.2 Å². The number of aliphatic hydroxyl groups is 1. The second-order valence-electron chi connectivity index (χ2n) is 5.04. The van der Waals surface area contributed by atoms with Crippen LogP contribution in [0.2, 0.25) is 0 Å². The first kappa shape index (κ1) is 14.3. The first-order valence-corrected chi connectivity index (χ1v) is 7.17. The van der Waals surface area contributed by atoms with Crippen LogP contribution in [0.5, 0.6) is 0 Å². The molecule has 1 heterocycles. The lowest BCUT2D eigenvalue weighted by Crippen LogP contribution is -2.01. The highest BCUT2D eigenvalue weighted by Crippen LogP contribution is 2.29. The van der Waals surface area contributed by atoms with Crippen LogP contribution in [-0.4, -0.2) is 28.7 Å². The van der Waals surface area contributed by atoms with Crippen LogP contribution in [0, 0.1) is 0 Å². The van der Waals surface area contributed by atoms with Gasteiger partial charge in [-0.2, -0.15) is 4.98 Å². The van der Waals surface area contributed by atoms with Gasteiger partial charge in [-0.3, -0.25) is 0 Å². The maximum Gasteiger partial charge on any atom is 0.222 e. The second kappa shape index (κ2) is 5.99. The van der Waals surface area contributed by atoms with Crippen molar-refractivity contribution in [3.63, 3.8) is 0 Å². The van der Waals surface area contributed by atoms with Crippen molar-refractivity contribution in [2.24, 2.45) is 0 Å². The number of hydrogen-bond donors (Lipinski definition) is 3. The van der Waals surface area contributed by atoms with Gasteiger partial charge < -0.3 is 16.2 Å². The van der Waals surface area contributed by atoms with Crippen LogP contribution < -0.4 is 11.1 Å². The zero-order chi connectivity index (χ0) is 15.5. The van der Waals surface area contributed by atoms with Gasteiger partial charge in [0.1, 0.15) is 5.82 Å². The minimum Gasteiger partial charge on any atom is -0.396 e. The summed E-state index contributed by atoms with van der Waals surface area (Å²) >= 11 is 0. The Kier molecular flexibility index (Phi) is 3.89. The molecule has 0 aliphatic carbocycles. The summed E-state index contributed by atoms with van der Waals surface area (Å²) < 4.78 is 0. The van der Waals surface area contributed by atoms with E-state index in [4.69, 9.17) is 5.73 Å². The Balaban J connectivity index is 2.17. The number of nitrogens with two attached hydrogens (primary N) is 1. The van der Waals surface area contributed by atoms with Gasteiger partial charge in [0, 0.05) is 19.0 Å². The number of fused-ring (bicyclic) bond motifs is 1. The van der Waals surface area contributed by atoms with Crippen LogP contribution in [0.1, 0.15) is 5.56 Å². The summed E-state index contributed by atoms with van der Waals surface area (Å²) in [5, 5.41) is 13.2. The first-order chi connectivity index (χ1) is 10.7. The van der Waals surface area contributed by atoms with Crippen LogP contribution in [0.15, 0.2) is 42.5 Å². The summed E-state index contributed by atoms with van der Waals surface area (Å²) in [6.07, 6.45) is 0.627. The number of nitrogens with zero attached hydrogens (tertiary/aromatic N) is 2. The molecule has 0 aliphatic rings. The van der Waals surface area contributed by atoms with E-state index in [-0.39, 0.29) is 12.6 Å². The fraction of sp³-hybridized carbons (Fsp3) is 0.176. The summed E-state index contributed by atoms with van der Waals surface area (Å²) in [7, 11) is 1.81. The molecule has 0 aliphatic heterocycles. The molecule has 0 saturated carbocycles. The van der Waals surface area contributed by atoms with E-state index in [0.717, 1.165) is 33.4 Å². The quantitative estimate of drug-likeness (QED) is 0.688. The van der Waals surface area contributed by atoms with Gasteiger partial charge in [-0.15, -0.1) is 0 Å². The Hall–Kier alpha value is -2.66. The average Bonchev–Trinajstić information content (AvgIpc) is 2.54. The Morgan fingerprint density at radius 1 is 1.14 bits per heavy atom. The van der Waals surface area contributed by atoms with Crippen LogP contribution in [-0.2, 0) is 6.42 Å². The Morgan fingerprint density at radius 3 is 2.73 bits per heavy atom. The van der Waals surface area contributed by atoms with E-state index in [9.17, 15) is 5.11 Å². The van der Waals surface area contributed by atoms with E-state index in [2.05, 4.69) is 21.4 Å². The standard InChI is InChI=1S/C17H18N4O/c1-19-16-14-7-6-12(10-15(14)20-17(18)21-16)13-5-3-2-4-11(13)8-9-22/h2-7,10,22H,8-9H2,1H3,(H3,18,19,20,21). The SMILES string of the molecule is CNc1nc(N)nc2cc(-c3ccccc3CCO)ccc12. The number of aliphatic hydroxyl groups excluding tert-OH is 1. The van der Waals surface area contributed by atoms with E-state index >= 15 is 0 Å². The van der Waals surface area contributed by atoms with Crippen molar-refractivity contribution in [1.82, 2.24) is 9.97 Å². The van der Waals surface area contributed by atoms with Crippen LogP contribution in [0.3, 0.4) is 0 Å². The topological polar surface area (TPSA) is 84.1 Å². The molecule has 3 aromatic rings. The van der Waals surface area contributed by atoms with Crippen molar-refractivity contribution in [2.45, 2.75) is 6.42 Å². The van der Waals surface area contributed by atoms with E-state index in [1.807, 2.05) is 43.4 Å². The lowest BCUT2D eigenvalue weighted by atomic mass is 9.97. The number of anilines is 2. The zero-order valence-electron chi connectivity index (χ0n) is 12.4. The van der Waals surface area contributed by atoms with Gasteiger partial charge in [-0.25, -0.2) is 4.98 Å². The van der Waals surface area contributed by atoms with Crippen LogP contribution >= 0.6 is 0 Å². The van der Waals surface area contributed by atoms with Gasteiger partial charge >= 0.3 is 0 Å². The summed E-state index contributed by atoms with van der Waals surface area (Å²) in [5.41, 5.74) is 9.83. The Labute approximate surface area is 128 Å². The van der Waals surface area contributed by atoms with E-state index < -0.39 is 0 Å². The maximum atomic E-state index is 9.22. The molecule has 1 aromatic heterocycles. The highest BCUT2D eigenvalue weighted by atomic mass is 16.2. The normalized spacial score (nSPS) is 10.8. The van der Waals surface area contributed by atoms with Crippen molar-refractivity contribution in [3.05, 3.63) is 48.0 Å². The zero-order valence-corrected chi connectivity index (χ0v) is 12.4. The van der Waals surface area contributed by atoms with Gasteiger partial charge in [-0.1, -0.05) is 30.3 Å². The molecule has 0 bridgehead atoms. The third kappa shape index (κ3) is 2.58. The molecule has 5 heteroatoms. The summed E-state index contributed by atoms with van der Waals surface area (Å²) in [6, 6.07) is 14.1. The molecule has 0 unspecified atom stereocenters. The fourth-order valence-corrected chi connectivity index (χ4v) is 2.65. The molecular formula is C17H18N4O. The molecule has 5 nitrogen and oxygen atoms in total. The summed E-state index contributed by atoms with van der Waals surface area (Å²) in [6.45, 7) is 0.129. The highest BCUT2D eigenvalue weighted by Gasteiger charge is 2.09. The minimum absolute atomic E-state index is 0.129. The Morgan fingerprint density at radius 2 is 1.95 bits per heavy atom. The van der Waals surface area contributed by atoms with Crippen molar-refractivity contribution >= 4 is 22.7 Å². The highest BCUT2D eigenvalue weighted by molar-refractivity contribution is 5.93. The lowest BCUT2D eigenvalue weighted by molar-refractivity contribution is 0.300. The van der Waals surface area contributed by atoms with Crippen molar-refractivity contribution < 1.29 is 5.11 Å². The van der Waals surface area contributed by atoms with Crippen LogP contribution in [0.25, 0.3) is 22.0 Å². The van der Waals surface area contributed by atoms with Crippen molar-refractivity contribution in [1.29, 1.82) is 0 Å². The predicted octanol–water partition coefficient (Wildman–Crippen LogP) is 2.46. The van der Waals surface area contributed by atoms with Crippen molar-refractivity contribution in [3.8, 4) is 11.1 Å². The van der Waals surface area contributed by atoms with E-state index in [0.29, 0.717) is 6.42 Å². The number of benzene rings is 2. The predicted molar refractivity (Wildman–Crippen MR) is 89.7 cm³/mol.